The quantitative estimate of drug-likeness (QED) is 0.893. The van der Waals surface area contributed by atoms with Gasteiger partial charge in [-0.15, -0.1) is 0 Å². The minimum Gasteiger partial charge on any atom is -0.355 e. The average molecular weight is 252 g/mol. The predicted molar refractivity (Wildman–Crippen MR) is 75.1 cm³/mol. The Balaban J connectivity index is 2.18. The van der Waals surface area contributed by atoms with Gasteiger partial charge in [0.05, 0.1) is 0 Å². The van der Waals surface area contributed by atoms with E-state index in [-0.39, 0.29) is 0 Å². The first-order valence-electron chi connectivity index (χ1n) is 6.15. The second-order valence-corrected chi connectivity index (χ2v) is 5.90. The lowest BCUT2D eigenvalue weighted by Crippen LogP contribution is -2.37. The molecular weight excluding hydrogens is 232 g/mol. The number of anilines is 2. The molecule has 1 fully saturated rings. The number of rotatable bonds is 3. The van der Waals surface area contributed by atoms with Gasteiger partial charge in [-0.3, -0.25) is 0 Å². The van der Waals surface area contributed by atoms with Gasteiger partial charge in [-0.1, -0.05) is 6.92 Å². The van der Waals surface area contributed by atoms with Gasteiger partial charge in [-0.25, -0.2) is 4.98 Å². The summed E-state index contributed by atoms with van der Waals surface area (Å²) in [6.45, 7) is 9.37. The highest BCUT2D eigenvalue weighted by molar-refractivity contribution is 8.00. The van der Waals surface area contributed by atoms with Crippen LogP contribution in [-0.2, 0) is 0 Å². The van der Waals surface area contributed by atoms with E-state index in [1.165, 1.54) is 5.75 Å². The van der Waals surface area contributed by atoms with Crippen molar-refractivity contribution in [2.24, 2.45) is 0 Å². The Kier molecular flexibility index (Phi) is 4.10. The zero-order valence-corrected chi connectivity index (χ0v) is 11.5. The summed E-state index contributed by atoms with van der Waals surface area (Å²) < 4.78 is 0. The van der Waals surface area contributed by atoms with E-state index < -0.39 is 0 Å². The van der Waals surface area contributed by atoms with E-state index in [4.69, 9.17) is 0 Å². The van der Waals surface area contributed by atoms with E-state index in [1.54, 1.807) is 0 Å². The second kappa shape index (κ2) is 5.58. The maximum Gasteiger partial charge on any atom is 0.224 e. The molecule has 1 aliphatic rings. The molecule has 2 rings (SSSR count). The van der Waals surface area contributed by atoms with Crippen molar-refractivity contribution in [2.45, 2.75) is 26.0 Å². The zero-order chi connectivity index (χ0) is 12.3. The van der Waals surface area contributed by atoms with Gasteiger partial charge in [0.25, 0.3) is 0 Å². The Morgan fingerprint density at radius 3 is 3.06 bits per heavy atom. The van der Waals surface area contributed by atoms with Gasteiger partial charge in [0, 0.05) is 42.4 Å². The summed E-state index contributed by atoms with van der Waals surface area (Å²) in [6.07, 6.45) is 0. The summed E-state index contributed by atoms with van der Waals surface area (Å²) in [7, 11) is 0. The Morgan fingerprint density at radius 1 is 1.53 bits per heavy atom. The van der Waals surface area contributed by atoms with Crippen LogP contribution < -0.4 is 10.2 Å². The summed E-state index contributed by atoms with van der Waals surface area (Å²) in [6, 6.07) is 2.07. The van der Waals surface area contributed by atoms with Crippen molar-refractivity contribution < 1.29 is 0 Å². The van der Waals surface area contributed by atoms with Gasteiger partial charge in [0.15, 0.2) is 0 Å². The lowest BCUT2D eigenvalue weighted by molar-refractivity contribution is 0.767. The number of nitrogens with one attached hydrogen (secondary N) is 1. The molecule has 1 unspecified atom stereocenters. The average Bonchev–Trinajstić information content (AvgIpc) is 2.28. The van der Waals surface area contributed by atoms with E-state index in [0.717, 1.165) is 37.1 Å². The fourth-order valence-electron chi connectivity index (χ4n) is 1.98. The highest BCUT2D eigenvalue weighted by Crippen LogP contribution is 2.23. The molecule has 1 N–H and O–H groups in total. The molecule has 1 saturated heterocycles. The van der Waals surface area contributed by atoms with Crippen LogP contribution in [-0.4, -0.2) is 40.6 Å². The first-order valence-corrected chi connectivity index (χ1v) is 7.20. The third kappa shape index (κ3) is 3.25. The minimum absolute atomic E-state index is 0.682. The summed E-state index contributed by atoms with van der Waals surface area (Å²) in [5.74, 6) is 2.98. The molecule has 4 nitrogen and oxygen atoms in total. The second-order valence-electron chi connectivity index (χ2n) is 4.35. The van der Waals surface area contributed by atoms with Gasteiger partial charge >= 0.3 is 0 Å². The first kappa shape index (κ1) is 12.5. The van der Waals surface area contributed by atoms with Crippen LogP contribution in [0.25, 0.3) is 0 Å². The fourth-order valence-corrected chi connectivity index (χ4v) is 2.99. The number of hydrogen-bond donors (Lipinski definition) is 1. The molecule has 0 aromatic carbocycles. The SMILES string of the molecule is CCNc1nc(C)cc(N2CCSC(C)C2)n1. The van der Waals surface area contributed by atoms with Crippen molar-refractivity contribution in [2.75, 3.05) is 35.6 Å². The van der Waals surface area contributed by atoms with Crippen LogP contribution in [0.4, 0.5) is 11.8 Å². The van der Waals surface area contributed by atoms with Gasteiger partial charge in [0.2, 0.25) is 5.95 Å². The molecule has 1 aromatic heterocycles. The number of nitrogens with zero attached hydrogens (tertiary/aromatic N) is 3. The highest BCUT2D eigenvalue weighted by Gasteiger charge is 2.18. The molecule has 5 heteroatoms. The van der Waals surface area contributed by atoms with Gasteiger partial charge in [0.1, 0.15) is 5.82 Å². The minimum atomic E-state index is 0.682. The van der Waals surface area contributed by atoms with Gasteiger partial charge in [-0.2, -0.15) is 16.7 Å². The van der Waals surface area contributed by atoms with E-state index in [2.05, 4.69) is 40.1 Å². The van der Waals surface area contributed by atoms with Crippen LogP contribution in [0.3, 0.4) is 0 Å². The number of aryl methyl sites for hydroxylation is 1. The molecule has 0 spiro atoms. The maximum absolute atomic E-state index is 4.58. The Hall–Kier alpha value is -0.970. The van der Waals surface area contributed by atoms with Crippen molar-refractivity contribution in [1.82, 2.24) is 9.97 Å². The van der Waals surface area contributed by atoms with E-state index >= 15 is 0 Å². The topological polar surface area (TPSA) is 41.1 Å². The summed E-state index contributed by atoms with van der Waals surface area (Å²) in [5.41, 5.74) is 1.02. The van der Waals surface area contributed by atoms with Gasteiger partial charge < -0.3 is 10.2 Å². The molecule has 1 aliphatic heterocycles. The van der Waals surface area contributed by atoms with Crippen molar-refractivity contribution >= 4 is 23.5 Å². The lowest BCUT2D eigenvalue weighted by atomic mass is 10.3. The third-order valence-electron chi connectivity index (χ3n) is 2.74. The third-order valence-corrected chi connectivity index (χ3v) is 3.88. The number of aromatic nitrogens is 2. The first-order chi connectivity index (χ1) is 8.19. The lowest BCUT2D eigenvalue weighted by Gasteiger charge is -2.31. The van der Waals surface area contributed by atoms with Crippen molar-refractivity contribution in [3.8, 4) is 0 Å². The largest absolute Gasteiger partial charge is 0.355 e. The molecule has 0 aliphatic carbocycles. The fraction of sp³-hybridized carbons (Fsp3) is 0.667. The number of thioether (sulfide) groups is 1. The van der Waals surface area contributed by atoms with Crippen LogP contribution in [0.5, 0.6) is 0 Å². The molecule has 0 saturated carbocycles. The molecule has 1 aromatic rings. The van der Waals surface area contributed by atoms with Crippen LogP contribution >= 0.6 is 11.8 Å². The Labute approximate surface area is 107 Å². The summed E-state index contributed by atoms with van der Waals surface area (Å²) >= 11 is 2.03. The van der Waals surface area contributed by atoms with Crippen LogP contribution in [0.1, 0.15) is 19.5 Å². The molecule has 2 heterocycles. The number of hydrogen-bond acceptors (Lipinski definition) is 5. The van der Waals surface area contributed by atoms with E-state index in [0.29, 0.717) is 5.25 Å². The standard InChI is InChI=1S/C12H20N4S/c1-4-13-12-14-9(2)7-11(15-12)16-5-6-17-10(3)8-16/h7,10H,4-6,8H2,1-3H3,(H,13,14,15). The monoisotopic (exact) mass is 252 g/mol. The van der Waals surface area contributed by atoms with E-state index in [1.807, 2.05) is 18.7 Å². The molecule has 17 heavy (non-hydrogen) atoms. The Bertz CT molecular complexity index is 383. The van der Waals surface area contributed by atoms with Crippen molar-refractivity contribution in [1.29, 1.82) is 0 Å². The smallest absolute Gasteiger partial charge is 0.224 e. The van der Waals surface area contributed by atoms with Crippen LogP contribution in [0.15, 0.2) is 6.07 Å². The van der Waals surface area contributed by atoms with Crippen molar-refractivity contribution in [3.63, 3.8) is 0 Å². The Morgan fingerprint density at radius 2 is 2.35 bits per heavy atom. The van der Waals surface area contributed by atoms with Gasteiger partial charge in [-0.05, 0) is 13.8 Å². The molecular formula is C12H20N4S. The molecule has 0 bridgehead atoms. The normalized spacial score (nSPS) is 20.4. The maximum atomic E-state index is 4.58. The molecule has 0 amide bonds. The predicted octanol–water partition coefficient (Wildman–Crippen LogP) is 2.16. The van der Waals surface area contributed by atoms with Crippen LogP contribution in [0.2, 0.25) is 0 Å². The zero-order valence-electron chi connectivity index (χ0n) is 10.7. The molecule has 0 radical (unpaired) electrons. The van der Waals surface area contributed by atoms with Crippen LogP contribution in [0, 0.1) is 6.92 Å². The molecule has 1 atom stereocenters. The molecule has 94 valence electrons. The van der Waals surface area contributed by atoms with Crippen molar-refractivity contribution in [3.05, 3.63) is 11.8 Å². The highest BCUT2D eigenvalue weighted by atomic mass is 32.2. The van der Waals surface area contributed by atoms with E-state index in [9.17, 15) is 0 Å². The summed E-state index contributed by atoms with van der Waals surface area (Å²) in [4.78, 5) is 11.3. The summed E-state index contributed by atoms with van der Waals surface area (Å²) in [5, 5.41) is 3.87.